The molecule has 2 aliphatic rings. The van der Waals surface area contributed by atoms with Crippen molar-refractivity contribution < 1.29 is 13.2 Å². The summed E-state index contributed by atoms with van der Waals surface area (Å²) in [4.78, 5) is 17.7. The molecule has 172 valence electrons. The van der Waals surface area contributed by atoms with E-state index in [9.17, 15) is 13.2 Å². The van der Waals surface area contributed by atoms with Crippen LogP contribution in [0.3, 0.4) is 0 Å². The van der Waals surface area contributed by atoms with Gasteiger partial charge < -0.3 is 15.1 Å². The van der Waals surface area contributed by atoms with Crippen LogP contribution in [-0.2, 0) is 10.0 Å². The van der Waals surface area contributed by atoms with Crippen LogP contribution in [0.1, 0.15) is 30.1 Å². The quantitative estimate of drug-likeness (QED) is 0.690. The van der Waals surface area contributed by atoms with Crippen molar-refractivity contribution in [3.63, 3.8) is 0 Å². The summed E-state index contributed by atoms with van der Waals surface area (Å²) < 4.78 is 27.8. The smallest absolute Gasteiger partial charge is 0.257 e. The zero-order valence-electron chi connectivity index (χ0n) is 18.3. The molecule has 2 aromatic rings. The summed E-state index contributed by atoms with van der Waals surface area (Å²) in [5, 5.41) is 3.15. The van der Waals surface area contributed by atoms with Gasteiger partial charge in [0, 0.05) is 39.3 Å². The Morgan fingerprint density at radius 3 is 2.38 bits per heavy atom. The zero-order valence-corrected chi connectivity index (χ0v) is 19.8. The van der Waals surface area contributed by atoms with E-state index in [1.54, 1.807) is 0 Å². The zero-order chi connectivity index (χ0) is 22.7. The highest BCUT2D eigenvalue weighted by Gasteiger charge is 2.29. The molecule has 2 aliphatic heterocycles. The topological polar surface area (TPSA) is 73.0 Å². The third kappa shape index (κ3) is 4.78. The minimum atomic E-state index is -3.70. The van der Waals surface area contributed by atoms with Crippen molar-refractivity contribution in [2.45, 2.75) is 24.7 Å². The number of nitrogens with zero attached hydrogens (tertiary/aromatic N) is 3. The Kier molecular flexibility index (Phi) is 7.05. The highest BCUT2D eigenvalue weighted by molar-refractivity contribution is 7.89. The van der Waals surface area contributed by atoms with E-state index in [4.69, 9.17) is 11.6 Å². The molecule has 0 aromatic heterocycles. The normalized spacial score (nSPS) is 18.1. The van der Waals surface area contributed by atoms with E-state index in [0.29, 0.717) is 31.9 Å². The molecule has 0 bridgehead atoms. The lowest BCUT2D eigenvalue weighted by Gasteiger charge is -2.33. The number of rotatable bonds is 6. The van der Waals surface area contributed by atoms with Crippen molar-refractivity contribution in [1.29, 1.82) is 0 Å². The first-order chi connectivity index (χ1) is 15.4. The third-order valence-electron chi connectivity index (χ3n) is 6.20. The molecule has 0 unspecified atom stereocenters. The number of halogens is 1. The number of sulfonamides is 1. The number of benzene rings is 2. The van der Waals surface area contributed by atoms with Crippen molar-refractivity contribution in [3.05, 3.63) is 53.1 Å². The van der Waals surface area contributed by atoms with Crippen molar-refractivity contribution in [3.8, 4) is 0 Å². The van der Waals surface area contributed by atoms with Crippen LogP contribution in [0.2, 0.25) is 5.02 Å². The van der Waals surface area contributed by atoms with Crippen molar-refractivity contribution in [2.75, 3.05) is 56.0 Å². The number of carbonyl (C=O) groups excluding carboxylic acids is 1. The van der Waals surface area contributed by atoms with Crippen LogP contribution in [-0.4, -0.2) is 69.3 Å². The first kappa shape index (κ1) is 23.0. The molecule has 0 atom stereocenters. The second kappa shape index (κ2) is 9.79. The van der Waals surface area contributed by atoms with Gasteiger partial charge in [0.05, 0.1) is 26.9 Å². The Morgan fingerprint density at radius 2 is 1.69 bits per heavy atom. The number of hydrogen-bond donors (Lipinski definition) is 1. The summed E-state index contributed by atoms with van der Waals surface area (Å²) in [7, 11) is -3.70. The number of hydrogen-bond acceptors (Lipinski definition) is 5. The van der Waals surface area contributed by atoms with Gasteiger partial charge in [-0.05, 0) is 49.7 Å². The van der Waals surface area contributed by atoms with Crippen LogP contribution < -0.4 is 10.2 Å². The molecule has 0 aliphatic carbocycles. The Bertz CT molecular complexity index is 1080. The molecule has 1 N–H and O–H groups in total. The molecule has 0 saturated carbocycles. The molecule has 1 amide bonds. The van der Waals surface area contributed by atoms with Crippen molar-refractivity contribution >= 4 is 38.9 Å². The fourth-order valence-corrected chi connectivity index (χ4v) is 5.93. The maximum atomic E-state index is 13.2. The highest BCUT2D eigenvalue weighted by Crippen LogP contribution is 2.30. The van der Waals surface area contributed by atoms with Crippen LogP contribution in [0.5, 0.6) is 0 Å². The molecule has 2 saturated heterocycles. The minimum absolute atomic E-state index is 0.0878. The van der Waals surface area contributed by atoms with Gasteiger partial charge in [0.1, 0.15) is 0 Å². The lowest BCUT2D eigenvalue weighted by atomic mass is 10.2. The minimum Gasteiger partial charge on any atom is -0.370 e. The van der Waals surface area contributed by atoms with E-state index >= 15 is 0 Å². The Labute approximate surface area is 195 Å². The van der Waals surface area contributed by atoms with E-state index in [1.807, 2.05) is 24.3 Å². The van der Waals surface area contributed by atoms with Crippen LogP contribution in [0, 0.1) is 0 Å². The molecular formula is C23H29ClN4O3S. The van der Waals surface area contributed by atoms with Gasteiger partial charge in [0.2, 0.25) is 10.0 Å². The Balaban J connectivity index is 1.56. The maximum absolute atomic E-state index is 13.2. The molecule has 4 rings (SSSR count). The molecule has 0 radical (unpaired) electrons. The predicted octanol–water partition coefficient (Wildman–Crippen LogP) is 3.52. The molecule has 2 aromatic carbocycles. The SMILES string of the molecule is CCN1CCN(S(=O)(=O)c2ccc(Cl)c(C(=O)Nc3ccccc3N3CCCC3)c2)CC1. The number of amides is 1. The monoisotopic (exact) mass is 476 g/mol. The van der Waals surface area contributed by atoms with Crippen LogP contribution >= 0.6 is 11.6 Å². The summed E-state index contributed by atoms with van der Waals surface area (Å²) in [5.74, 6) is -0.422. The summed E-state index contributed by atoms with van der Waals surface area (Å²) in [6.07, 6.45) is 2.25. The van der Waals surface area contributed by atoms with Crippen molar-refractivity contribution in [2.24, 2.45) is 0 Å². The molecule has 0 spiro atoms. The fraction of sp³-hybridized carbons (Fsp3) is 0.435. The van der Waals surface area contributed by atoms with E-state index in [2.05, 4.69) is 22.0 Å². The van der Waals surface area contributed by atoms with Gasteiger partial charge in [-0.15, -0.1) is 0 Å². The Morgan fingerprint density at radius 1 is 1.00 bits per heavy atom. The second-order valence-corrected chi connectivity index (χ2v) is 10.5. The average Bonchev–Trinajstić information content (AvgIpc) is 3.34. The number of carbonyl (C=O) groups is 1. The Hall–Kier alpha value is -2.13. The van der Waals surface area contributed by atoms with Gasteiger partial charge >= 0.3 is 0 Å². The van der Waals surface area contributed by atoms with Gasteiger partial charge in [-0.25, -0.2) is 8.42 Å². The molecular weight excluding hydrogens is 448 g/mol. The lowest BCUT2D eigenvalue weighted by molar-refractivity contribution is 0.102. The third-order valence-corrected chi connectivity index (χ3v) is 8.42. The molecule has 2 fully saturated rings. The fourth-order valence-electron chi connectivity index (χ4n) is 4.28. The van der Waals surface area contributed by atoms with Gasteiger partial charge in [-0.3, -0.25) is 4.79 Å². The van der Waals surface area contributed by atoms with E-state index < -0.39 is 15.9 Å². The number of piperazine rings is 1. The van der Waals surface area contributed by atoms with E-state index in [-0.39, 0.29) is 15.5 Å². The van der Waals surface area contributed by atoms with Crippen LogP contribution in [0.15, 0.2) is 47.4 Å². The molecule has 2 heterocycles. The molecule has 32 heavy (non-hydrogen) atoms. The second-order valence-electron chi connectivity index (χ2n) is 8.15. The standard InChI is InChI=1S/C23H29ClN4O3S/c1-2-26-13-15-28(16-14-26)32(30,31)18-9-10-20(24)19(17-18)23(29)25-21-7-3-4-8-22(21)27-11-5-6-12-27/h3-4,7-10,17H,2,5-6,11-16H2,1H3,(H,25,29). The largest absolute Gasteiger partial charge is 0.370 e. The number of likely N-dealkylation sites (N-methyl/N-ethyl adjacent to an activating group) is 1. The number of anilines is 2. The maximum Gasteiger partial charge on any atom is 0.257 e. The first-order valence-electron chi connectivity index (χ1n) is 11.1. The van der Waals surface area contributed by atoms with Gasteiger partial charge in [0.25, 0.3) is 5.91 Å². The summed E-state index contributed by atoms with van der Waals surface area (Å²) in [6, 6.07) is 12.0. The molecule has 9 heteroatoms. The highest BCUT2D eigenvalue weighted by atomic mass is 35.5. The van der Waals surface area contributed by atoms with E-state index in [0.717, 1.165) is 38.2 Å². The number of para-hydroxylation sites is 2. The van der Waals surface area contributed by atoms with E-state index in [1.165, 1.54) is 22.5 Å². The van der Waals surface area contributed by atoms with Gasteiger partial charge in [-0.1, -0.05) is 30.7 Å². The lowest BCUT2D eigenvalue weighted by Crippen LogP contribution is -2.48. The molecule has 7 nitrogen and oxygen atoms in total. The summed E-state index contributed by atoms with van der Waals surface area (Å²) >= 11 is 6.31. The summed E-state index contributed by atoms with van der Waals surface area (Å²) in [6.45, 7) is 7.13. The van der Waals surface area contributed by atoms with Crippen LogP contribution in [0.25, 0.3) is 0 Å². The first-order valence-corrected chi connectivity index (χ1v) is 12.9. The van der Waals surface area contributed by atoms with Crippen LogP contribution in [0.4, 0.5) is 11.4 Å². The van der Waals surface area contributed by atoms with Crippen molar-refractivity contribution in [1.82, 2.24) is 9.21 Å². The summed E-state index contributed by atoms with van der Waals surface area (Å²) in [5.41, 5.74) is 1.81. The average molecular weight is 477 g/mol. The number of nitrogens with one attached hydrogen (secondary N) is 1. The van der Waals surface area contributed by atoms with Gasteiger partial charge in [0.15, 0.2) is 0 Å². The van der Waals surface area contributed by atoms with Gasteiger partial charge in [-0.2, -0.15) is 4.31 Å². The predicted molar refractivity (Wildman–Crippen MR) is 128 cm³/mol.